The molecule has 0 saturated carbocycles. The molecule has 66 heavy (non-hydrogen) atoms. The SMILES string of the molecule is COC(=O)[C@H]1O[C@@H](Oc2ccc(COC(=O)Oc3ccc([N+](=O)[O-])cc3)cc2NC(=O)CCCC(=O)OCC2c3ccccc3-c3ccccc32)[C@H](OC(C)=O)[C@@H](OC(C)=O)[C@@H]1OC(C)=O. The van der Waals surface area contributed by atoms with Crippen LogP contribution in [-0.4, -0.2) is 91.3 Å². The van der Waals surface area contributed by atoms with Gasteiger partial charge in [-0.25, -0.2) is 9.59 Å². The maximum Gasteiger partial charge on any atom is 0.514 e. The number of hydrogen-bond acceptors (Lipinski definition) is 18. The summed E-state index contributed by atoms with van der Waals surface area (Å²) in [5.41, 5.74) is 4.19. The largest absolute Gasteiger partial charge is 0.514 e. The summed E-state index contributed by atoms with van der Waals surface area (Å²) in [4.78, 5) is 99.2. The summed E-state index contributed by atoms with van der Waals surface area (Å²) < 4.78 is 49.1. The van der Waals surface area contributed by atoms with Gasteiger partial charge in [0.05, 0.1) is 17.7 Å². The molecule has 0 spiro atoms. The van der Waals surface area contributed by atoms with Crippen LogP contribution in [-0.2, 0) is 68.5 Å². The fraction of sp³-hybridized carbons (Fsp3) is 0.326. The van der Waals surface area contributed by atoms with E-state index in [2.05, 4.69) is 5.32 Å². The lowest BCUT2D eigenvalue weighted by Gasteiger charge is -2.43. The highest BCUT2D eigenvalue weighted by Crippen LogP contribution is 2.44. The van der Waals surface area contributed by atoms with Gasteiger partial charge in [0.2, 0.25) is 18.3 Å². The molecule has 1 fully saturated rings. The van der Waals surface area contributed by atoms with Crippen molar-refractivity contribution in [1.82, 2.24) is 0 Å². The fourth-order valence-corrected chi connectivity index (χ4v) is 7.36. The molecule has 20 heteroatoms. The number of esters is 5. The summed E-state index contributed by atoms with van der Waals surface area (Å²) >= 11 is 0. The van der Waals surface area contributed by atoms with E-state index >= 15 is 0 Å². The van der Waals surface area contributed by atoms with Crippen molar-refractivity contribution in [2.24, 2.45) is 0 Å². The van der Waals surface area contributed by atoms with Gasteiger partial charge in [-0.2, -0.15) is 0 Å². The van der Waals surface area contributed by atoms with Crippen LogP contribution < -0.4 is 14.8 Å². The van der Waals surface area contributed by atoms with Gasteiger partial charge in [-0.15, -0.1) is 0 Å². The van der Waals surface area contributed by atoms with Crippen LogP contribution in [0.4, 0.5) is 16.2 Å². The normalized spacial score (nSPS) is 18.3. The van der Waals surface area contributed by atoms with E-state index in [-0.39, 0.29) is 60.2 Å². The number of benzene rings is 4. The Morgan fingerprint density at radius 1 is 0.727 bits per heavy atom. The fourth-order valence-electron chi connectivity index (χ4n) is 7.36. The minimum atomic E-state index is -1.79. The lowest BCUT2D eigenvalue weighted by atomic mass is 9.97. The van der Waals surface area contributed by atoms with Crippen molar-refractivity contribution < 1.29 is 81.1 Å². The second-order valence-electron chi connectivity index (χ2n) is 14.8. The number of methoxy groups -OCH3 is 1. The lowest BCUT2D eigenvalue weighted by molar-refractivity contribution is -0.384. The number of non-ortho nitro benzene ring substituents is 1. The third kappa shape index (κ3) is 12.0. The summed E-state index contributed by atoms with van der Waals surface area (Å²) in [6.45, 7) is 2.75. The molecule has 0 radical (unpaired) electrons. The maximum absolute atomic E-state index is 13.5. The Morgan fingerprint density at radius 3 is 1.94 bits per heavy atom. The zero-order valence-corrected chi connectivity index (χ0v) is 36.0. The van der Waals surface area contributed by atoms with Crippen molar-refractivity contribution in [3.8, 4) is 22.6 Å². The Hall–Kier alpha value is -7.87. The molecule has 4 aromatic rings. The first-order valence-corrected chi connectivity index (χ1v) is 20.4. The van der Waals surface area contributed by atoms with Gasteiger partial charge in [0.15, 0.2) is 18.3 Å². The standard InChI is InChI=1S/C46H44N2O18/c1-25(49)61-40-41(62-26(2)50)43(63-27(3)51)45(66-42(40)44(54)58-4)65-37-21-16-28(23-60-46(55)64-30-19-17-29(18-20-30)48(56)57)22-36(37)47-38(52)14-9-15-39(53)59-24-35-33-12-7-5-10-31(33)32-11-6-8-13-34(32)35/h5-8,10-13,16-22,35,40-43,45H,9,14-15,23-24H2,1-4H3,(H,47,52)/t40-,41-,42-,43+,45+/m0/s1. The molecular weight excluding hydrogens is 869 g/mol. The van der Waals surface area contributed by atoms with Crippen molar-refractivity contribution >= 4 is 53.3 Å². The number of nitro groups is 1. The Kier molecular flexibility index (Phi) is 15.6. The van der Waals surface area contributed by atoms with Gasteiger partial charge < -0.3 is 47.9 Å². The molecule has 1 N–H and O–H groups in total. The van der Waals surface area contributed by atoms with E-state index in [0.717, 1.165) is 62.3 Å². The number of rotatable bonds is 17. The van der Waals surface area contributed by atoms with Crippen molar-refractivity contribution in [2.45, 2.75) is 83.3 Å². The molecule has 6 rings (SSSR count). The third-order valence-corrected chi connectivity index (χ3v) is 10.2. The Labute approximate surface area is 376 Å². The molecule has 20 nitrogen and oxygen atoms in total. The average Bonchev–Trinajstić information content (AvgIpc) is 3.60. The number of anilines is 1. The van der Waals surface area contributed by atoms with E-state index in [9.17, 15) is 43.7 Å². The Bertz CT molecular complexity index is 2440. The van der Waals surface area contributed by atoms with E-state index < -0.39 is 84.1 Å². The predicted molar refractivity (Wildman–Crippen MR) is 225 cm³/mol. The van der Waals surface area contributed by atoms with Gasteiger partial charge >= 0.3 is 36.0 Å². The number of nitro benzene ring substituents is 1. The van der Waals surface area contributed by atoms with Crippen molar-refractivity contribution in [2.75, 3.05) is 19.0 Å². The van der Waals surface area contributed by atoms with E-state index in [1.165, 1.54) is 30.3 Å². The molecule has 0 aromatic heterocycles. The molecule has 1 aliphatic heterocycles. The summed E-state index contributed by atoms with van der Waals surface area (Å²) in [6.07, 6.45) is -10.0. The number of nitrogens with zero attached hydrogens (tertiary/aromatic N) is 1. The summed E-state index contributed by atoms with van der Waals surface area (Å²) in [7, 11) is 1.02. The second-order valence-corrected chi connectivity index (χ2v) is 14.8. The lowest BCUT2D eigenvalue weighted by Crippen LogP contribution is -2.64. The molecule has 1 saturated heterocycles. The topological polar surface area (TPSA) is 258 Å². The quantitative estimate of drug-likeness (QED) is 0.0428. The van der Waals surface area contributed by atoms with Gasteiger partial charge in [0.1, 0.15) is 24.7 Å². The molecule has 1 amide bonds. The highest BCUT2D eigenvalue weighted by Gasteiger charge is 2.56. The van der Waals surface area contributed by atoms with Crippen LogP contribution in [0.2, 0.25) is 0 Å². The van der Waals surface area contributed by atoms with Gasteiger partial charge in [0, 0.05) is 51.7 Å². The smallest absolute Gasteiger partial charge is 0.467 e. The van der Waals surface area contributed by atoms with Crippen molar-refractivity contribution in [1.29, 1.82) is 0 Å². The van der Waals surface area contributed by atoms with Gasteiger partial charge in [-0.05, 0) is 58.5 Å². The molecule has 4 aromatic carbocycles. The molecule has 0 bridgehead atoms. The Morgan fingerprint density at radius 2 is 1.33 bits per heavy atom. The van der Waals surface area contributed by atoms with Crippen LogP contribution in [0.1, 0.15) is 62.6 Å². The van der Waals surface area contributed by atoms with Gasteiger partial charge in [0.25, 0.3) is 5.69 Å². The first-order chi connectivity index (χ1) is 31.6. The monoisotopic (exact) mass is 912 g/mol. The van der Waals surface area contributed by atoms with Crippen LogP contribution >= 0.6 is 0 Å². The maximum atomic E-state index is 13.5. The van der Waals surface area contributed by atoms with Crippen LogP contribution in [0.3, 0.4) is 0 Å². The number of carbonyl (C=O) groups is 7. The number of ether oxygens (including phenoxy) is 9. The Balaban J connectivity index is 1.18. The minimum absolute atomic E-state index is 0.0385. The molecule has 1 aliphatic carbocycles. The average molecular weight is 913 g/mol. The van der Waals surface area contributed by atoms with Gasteiger partial charge in [-0.1, -0.05) is 54.6 Å². The molecule has 5 atom stereocenters. The number of nitrogens with one attached hydrogen (secondary N) is 1. The third-order valence-electron chi connectivity index (χ3n) is 10.2. The molecule has 346 valence electrons. The van der Waals surface area contributed by atoms with Crippen molar-refractivity contribution in [3.63, 3.8) is 0 Å². The zero-order chi connectivity index (χ0) is 47.5. The van der Waals surface area contributed by atoms with E-state index in [0.29, 0.717) is 0 Å². The number of carbonyl (C=O) groups excluding carboxylic acids is 7. The first-order valence-electron chi connectivity index (χ1n) is 20.4. The van der Waals surface area contributed by atoms with E-state index in [4.69, 9.17) is 42.6 Å². The molecular formula is C46H44N2O18. The van der Waals surface area contributed by atoms with Gasteiger partial charge in [-0.3, -0.25) is 34.1 Å². The van der Waals surface area contributed by atoms with Crippen LogP contribution in [0.15, 0.2) is 91.0 Å². The molecule has 1 heterocycles. The first kappa shape index (κ1) is 47.6. The highest BCUT2D eigenvalue weighted by molar-refractivity contribution is 5.92. The number of fused-ring (bicyclic) bond motifs is 3. The van der Waals surface area contributed by atoms with Crippen LogP contribution in [0.5, 0.6) is 11.5 Å². The highest BCUT2D eigenvalue weighted by atomic mass is 16.7. The minimum Gasteiger partial charge on any atom is -0.467 e. The summed E-state index contributed by atoms with van der Waals surface area (Å²) in [6, 6.07) is 24.5. The van der Waals surface area contributed by atoms with E-state index in [1.54, 1.807) is 0 Å². The second kappa shape index (κ2) is 21.7. The molecule has 0 unspecified atom stereocenters. The van der Waals surface area contributed by atoms with Crippen LogP contribution in [0, 0.1) is 10.1 Å². The van der Waals surface area contributed by atoms with E-state index in [1.807, 2.05) is 48.5 Å². The van der Waals surface area contributed by atoms with Crippen molar-refractivity contribution in [3.05, 3.63) is 118 Å². The number of amides is 1. The number of hydrogen-bond donors (Lipinski definition) is 1. The summed E-state index contributed by atoms with van der Waals surface area (Å²) in [5.74, 6) is -5.31. The summed E-state index contributed by atoms with van der Waals surface area (Å²) in [5, 5.41) is 13.7. The van der Waals surface area contributed by atoms with Crippen LogP contribution in [0.25, 0.3) is 11.1 Å². The predicted octanol–water partition coefficient (Wildman–Crippen LogP) is 5.85. The zero-order valence-electron chi connectivity index (χ0n) is 36.0. The molecule has 2 aliphatic rings.